The van der Waals surface area contributed by atoms with Crippen LogP contribution < -0.4 is 0 Å². The van der Waals surface area contributed by atoms with Crippen molar-refractivity contribution in [2.24, 2.45) is 5.92 Å². The fourth-order valence-corrected chi connectivity index (χ4v) is 4.64. The molecular weight excluding hydrogens is 409 g/mol. The first kappa shape index (κ1) is 21.8. The highest BCUT2D eigenvalue weighted by molar-refractivity contribution is 5.92. The lowest BCUT2D eigenvalue weighted by atomic mass is 9.83. The van der Waals surface area contributed by atoms with Gasteiger partial charge in [-0.05, 0) is 49.3 Å². The van der Waals surface area contributed by atoms with Crippen molar-refractivity contribution in [3.05, 3.63) is 47.3 Å². The number of halogens is 3. The van der Waals surface area contributed by atoms with E-state index < -0.39 is 17.3 Å². The molecule has 0 spiro atoms. The van der Waals surface area contributed by atoms with E-state index in [9.17, 15) is 23.1 Å². The second kappa shape index (κ2) is 8.61. The first-order chi connectivity index (χ1) is 14.7. The molecule has 1 aromatic heterocycles. The Bertz CT molecular complexity index is 913. The molecule has 31 heavy (non-hydrogen) atoms. The number of likely N-dealkylation sites (tertiary alicyclic amines) is 1. The molecule has 6 nitrogen and oxygen atoms in total. The van der Waals surface area contributed by atoms with Crippen molar-refractivity contribution in [1.82, 2.24) is 19.9 Å². The maximum atomic E-state index is 13.0. The van der Waals surface area contributed by atoms with Crippen LogP contribution in [0.3, 0.4) is 0 Å². The Morgan fingerprint density at radius 1 is 1.16 bits per heavy atom. The topological polar surface area (TPSA) is 71.2 Å². The largest absolute Gasteiger partial charge is 0.416 e. The van der Waals surface area contributed by atoms with Gasteiger partial charge in [-0.1, -0.05) is 36.6 Å². The van der Waals surface area contributed by atoms with Crippen LogP contribution in [0.4, 0.5) is 13.2 Å². The van der Waals surface area contributed by atoms with Gasteiger partial charge in [-0.15, -0.1) is 5.10 Å². The number of hydrogen-bond acceptors (Lipinski definition) is 4. The molecule has 2 heterocycles. The Balaban J connectivity index is 1.38. The van der Waals surface area contributed by atoms with E-state index in [-0.39, 0.29) is 43.1 Å². The number of piperidine rings is 1. The van der Waals surface area contributed by atoms with Crippen LogP contribution in [-0.2, 0) is 18.3 Å². The zero-order valence-electron chi connectivity index (χ0n) is 17.3. The number of alkyl halides is 3. The SMILES string of the molecule is O=C(c1cn(CC2CCCCC2)nn1)N1CCC(O)(c2cccc(C(F)(F)F)c2)CC1. The van der Waals surface area contributed by atoms with Gasteiger partial charge in [0, 0.05) is 19.6 Å². The first-order valence-corrected chi connectivity index (χ1v) is 10.8. The average Bonchev–Trinajstić information content (AvgIpc) is 3.22. The van der Waals surface area contributed by atoms with Crippen LogP contribution in [0.15, 0.2) is 30.5 Å². The lowest BCUT2D eigenvalue weighted by Crippen LogP contribution is -2.45. The Kier molecular flexibility index (Phi) is 6.05. The molecule has 168 valence electrons. The smallest absolute Gasteiger partial charge is 0.385 e. The fraction of sp³-hybridized carbons (Fsp3) is 0.591. The molecule has 1 saturated heterocycles. The molecule has 2 aromatic rings. The monoisotopic (exact) mass is 436 g/mol. The third kappa shape index (κ3) is 4.92. The normalized spacial score (nSPS) is 20.1. The van der Waals surface area contributed by atoms with Crippen molar-refractivity contribution in [3.8, 4) is 0 Å². The zero-order chi connectivity index (χ0) is 22.1. The molecule has 1 saturated carbocycles. The number of hydrogen-bond donors (Lipinski definition) is 1. The summed E-state index contributed by atoms with van der Waals surface area (Å²) in [6, 6.07) is 4.79. The van der Waals surface area contributed by atoms with E-state index in [0.29, 0.717) is 5.92 Å². The molecular formula is C22H27F3N4O2. The molecule has 1 aromatic carbocycles. The quantitative estimate of drug-likeness (QED) is 0.787. The predicted octanol–water partition coefficient (Wildman–Crippen LogP) is 4.00. The minimum atomic E-state index is -4.47. The zero-order valence-corrected chi connectivity index (χ0v) is 17.3. The second-order valence-corrected chi connectivity index (χ2v) is 8.73. The molecule has 4 rings (SSSR count). The maximum Gasteiger partial charge on any atom is 0.416 e. The molecule has 1 aliphatic heterocycles. The van der Waals surface area contributed by atoms with Crippen molar-refractivity contribution < 1.29 is 23.1 Å². The number of amides is 1. The number of benzene rings is 1. The molecule has 0 radical (unpaired) electrons. The van der Waals surface area contributed by atoms with Gasteiger partial charge in [0.15, 0.2) is 5.69 Å². The Morgan fingerprint density at radius 2 is 1.87 bits per heavy atom. The summed E-state index contributed by atoms with van der Waals surface area (Å²) < 4.78 is 40.8. The van der Waals surface area contributed by atoms with Crippen LogP contribution in [0.1, 0.15) is 66.6 Å². The van der Waals surface area contributed by atoms with Gasteiger partial charge in [0.05, 0.1) is 17.4 Å². The maximum absolute atomic E-state index is 13.0. The van der Waals surface area contributed by atoms with Gasteiger partial charge in [-0.25, -0.2) is 0 Å². The highest BCUT2D eigenvalue weighted by Gasteiger charge is 2.38. The third-order valence-electron chi connectivity index (χ3n) is 6.53. The Morgan fingerprint density at radius 3 is 2.55 bits per heavy atom. The molecule has 0 atom stereocenters. The second-order valence-electron chi connectivity index (χ2n) is 8.73. The van der Waals surface area contributed by atoms with Crippen LogP contribution in [0.25, 0.3) is 0 Å². The van der Waals surface area contributed by atoms with Crippen molar-refractivity contribution in [2.45, 2.75) is 63.3 Å². The van der Waals surface area contributed by atoms with Gasteiger partial charge < -0.3 is 10.0 Å². The van der Waals surface area contributed by atoms with E-state index in [1.807, 2.05) is 0 Å². The summed E-state index contributed by atoms with van der Waals surface area (Å²) in [5.74, 6) is 0.303. The summed E-state index contributed by atoms with van der Waals surface area (Å²) in [5, 5.41) is 19.1. The highest BCUT2D eigenvalue weighted by Crippen LogP contribution is 2.37. The predicted molar refractivity (Wildman–Crippen MR) is 107 cm³/mol. The number of aliphatic hydroxyl groups is 1. The van der Waals surface area contributed by atoms with Gasteiger partial charge in [-0.2, -0.15) is 13.2 Å². The van der Waals surface area contributed by atoms with Crippen molar-refractivity contribution in [3.63, 3.8) is 0 Å². The Hall–Kier alpha value is -2.42. The van der Waals surface area contributed by atoms with Crippen LogP contribution in [0.5, 0.6) is 0 Å². The highest BCUT2D eigenvalue weighted by atomic mass is 19.4. The fourth-order valence-electron chi connectivity index (χ4n) is 4.64. The van der Waals surface area contributed by atoms with Crippen LogP contribution in [0, 0.1) is 5.92 Å². The van der Waals surface area contributed by atoms with Crippen LogP contribution >= 0.6 is 0 Å². The van der Waals surface area contributed by atoms with Crippen molar-refractivity contribution in [2.75, 3.05) is 13.1 Å². The van der Waals surface area contributed by atoms with Crippen molar-refractivity contribution in [1.29, 1.82) is 0 Å². The summed E-state index contributed by atoms with van der Waals surface area (Å²) >= 11 is 0. The number of carbonyl (C=O) groups is 1. The summed E-state index contributed by atoms with van der Waals surface area (Å²) in [6.45, 7) is 1.23. The van der Waals surface area contributed by atoms with E-state index in [1.54, 1.807) is 15.8 Å². The average molecular weight is 436 g/mol. The molecule has 0 bridgehead atoms. The molecule has 0 unspecified atom stereocenters. The van der Waals surface area contributed by atoms with Gasteiger partial charge >= 0.3 is 6.18 Å². The summed E-state index contributed by atoms with van der Waals surface area (Å²) in [5.41, 5.74) is -1.68. The first-order valence-electron chi connectivity index (χ1n) is 10.8. The molecule has 9 heteroatoms. The molecule has 1 amide bonds. The van der Waals surface area contributed by atoms with Gasteiger partial charge in [0.25, 0.3) is 5.91 Å². The number of carbonyl (C=O) groups excluding carboxylic acids is 1. The molecule has 2 fully saturated rings. The number of rotatable bonds is 4. The third-order valence-corrected chi connectivity index (χ3v) is 6.53. The lowest BCUT2D eigenvalue weighted by Gasteiger charge is -2.38. The number of aromatic nitrogens is 3. The molecule has 2 aliphatic rings. The van der Waals surface area contributed by atoms with E-state index in [1.165, 1.54) is 44.2 Å². The summed E-state index contributed by atoms with van der Waals surface area (Å²) in [4.78, 5) is 14.4. The Labute approximate surface area is 179 Å². The van der Waals surface area contributed by atoms with E-state index in [2.05, 4.69) is 10.3 Å². The summed E-state index contributed by atoms with van der Waals surface area (Å²) in [7, 11) is 0. The minimum Gasteiger partial charge on any atom is -0.385 e. The minimum absolute atomic E-state index is 0.163. The van der Waals surface area contributed by atoms with Gasteiger partial charge in [0.1, 0.15) is 0 Å². The molecule has 1 aliphatic carbocycles. The van der Waals surface area contributed by atoms with Crippen LogP contribution in [-0.4, -0.2) is 44.0 Å². The lowest BCUT2D eigenvalue weighted by molar-refractivity contribution is -0.137. The van der Waals surface area contributed by atoms with Gasteiger partial charge in [-0.3, -0.25) is 9.48 Å². The van der Waals surface area contributed by atoms with Crippen molar-refractivity contribution >= 4 is 5.91 Å². The van der Waals surface area contributed by atoms with E-state index in [0.717, 1.165) is 18.7 Å². The summed E-state index contributed by atoms with van der Waals surface area (Å²) in [6.07, 6.45) is 3.61. The van der Waals surface area contributed by atoms with Crippen LogP contribution in [0.2, 0.25) is 0 Å². The standard InChI is InChI=1S/C22H27F3N4O2/c23-22(24,25)18-8-4-7-17(13-18)21(31)9-11-28(12-10-21)20(30)19-15-29(27-26-19)14-16-5-2-1-3-6-16/h4,7-8,13,15-16,31H,1-3,5-6,9-12,14H2. The van der Waals surface area contributed by atoms with E-state index in [4.69, 9.17) is 0 Å². The van der Waals surface area contributed by atoms with Gasteiger partial charge in [0.2, 0.25) is 0 Å². The molecule has 1 N–H and O–H groups in total. The van der Waals surface area contributed by atoms with E-state index >= 15 is 0 Å². The number of nitrogens with zero attached hydrogens (tertiary/aromatic N) is 4.